The molecule has 0 spiro atoms. The summed E-state index contributed by atoms with van der Waals surface area (Å²) >= 11 is 12.0. The second-order valence-corrected chi connectivity index (χ2v) is 9.31. The van der Waals surface area contributed by atoms with E-state index in [-0.39, 0.29) is 11.8 Å². The zero-order chi connectivity index (χ0) is 24.8. The van der Waals surface area contributed by atoms with Crippen LogP contribution in [0.1, 0.15) is 94.0 Å². The maximum atomic E-state index is 12.4. The van der Waals surface area contributed by atoms with Crippen LogP contribution in [-0.2, 0) is 4.79 Å². The van der Waals surface area contributed by atoms with E-state index in [0.717, 1.165) is 18.4 Å². The molecule has 0 aliphatic rings. The summed E-state index contributed by atoms with van der Waals surface area (Å²) in [5.74, 6) is -0.380. The van der Waals surface area contributed by atoms with Gasteiger partial charge in [-0.2, -0.15) is 5.10 Å². The summed E-state index contributed by atoms with van der Waals surface area (Å²) in [7, 11) is 0. The number of nitrogens with one attached hydrogen (secondary N) is 2. The van der Waals surface area contributed by atoms with Crippen molar-refractivity contribution in [2.24, 2.45) is 5.10 Å². The van der Waals surface area contributed by atoms with E-state index >= 15 is 0 Å². The van der Waals surface area contributed by atoms with Crippen molar-refractivity contribution in [3.05, 3.63) is 63.6 Å². The van der Waals surface area contributed by atoms with Crippen molar-refractivity contribution in [1.29, 1.82) is 0 Å². The number of amides is 2. The van der Waals surface area contributed by atoms with Gasteiger partial charge in [-0.25, -0.2) is 5.43 Å². The number of carbonyl (C=O) groups excluding carboxylic acids is 2. The number of nitrogens with zero attached hydrogens (tertiary/aromatic N) is 1. The van der Waals surface area contributed by atoms with Gasteiger partial charge in [-0.1, -0.05) is 93.6 Å². The molecule has 0 aliphatic carbocycles. The van der Waals surface area contributed by atoms with Gasteiger partial charge in [0.2, 0.25) is 5.91 Å². The van der Waals surface area contributed by atoms with Gasteiger partial charge < -0.3 is 5.32 Å². The third-order valence-corrected chi connectivity index (χ3v) is 6.14. The standard InChI is InChI=1S/C27H35Cl2N3O2/c1-3-4-5-6-7-8-9-10-11-12-26(33)32-31-20(2)21-13-16-23(17-14-21)30-27(34)24-18-15-22(28)19-25(24)29/h13-19H,3-12H2,1-2H3,(H,30,34)(H,32,33). The van der Waals surface area contributed by atoms with Gasteiger partial charge >= 0.3 is 0 Å². The molecule has 34 heavy (non-hydrogen) atoms. The van der Waals surface area contributed by atoms with Crippen molar-refractivity contribution in [2.45, 2.75) is 78.1 Å². The Balaban J connectivity index is 1.72. The van der Waals surface area contributed by atoms with E-state index in [9.17, 15) is 9.59 Å². The third-order valence-electron chi connectivity index (χ3n) is 5.59. The molecule has 2 N–H and O–H groups in total. The molecule has 184 valence electrons. The molecule has 0 radical (unpaired) electrons. The Bertz CT molecular complexity index is 959. The maximum absolute atomic E-state index is 12.4. The smallest absolute Gasteiger partial charge is 0.257 e. The average molecular weight is 505 g/mol. The van der Waals surface area contributed by atoms with Crippen molar-refractivity contribution < 1.29 is 9.59 Å². The van der Waals surface area contributed by atoms with E-state index in [1.165, 1.54) is 51.0 Å². The fraction of sp³-hybridized carbons (Fsp3) is 0.444. The number of unbranched alkanes of at least 4 members (excludes halogenated alkanes) is 8. The Morgan fingerprint density at radius 1 is 0.853 bits per heavy atom. The first kappa shape index (κ1) is 27.9. The normalized spacial score (nSPS) is 11.4. The topological polar surface area (TPSA) is 70.6 Å². The second-order valence-electron chi connectivity index (χ2n) is 8.47. The largest absolute Gasteiger partial charge is 0.322 e. The summed E-state index contributed by atoms with van der Waals surface area (Å²) in [6.45, 7) is 4.06. The number of anilines is 1. The number of hydrazone groups is 1. The van der Waals surface area contributed by atoms with Crippen LogP contribution in [0.15, 0.2) is 47.6 Å². The molecule has 0 atom stereocenters. The number of hydrogen-bond donors (Lipinski definition) is 2. The lowest BCUT2D eigenvalue weighted by Gasteiger charge is -2.08. The molecule has 5 nitrogen and oxygen atoms in total. The van der Waals surface area contributed by atoms with Crippen LogP contribution in [0, 0.1) is 0 Å². The highest BCUT2D eigenvalue weighted by Gasteiger charge is 2.11. The van der Waals surface area contributed by atoms with Crippen LogP contribution in [0.4, 0.5) is 5.69 Å². The lowest BCUT2D eigenvalue weighted by Crippen LogP contribution is -2.18. The van der Waals surface area contributed by atoms with Gasteiger partial charge in [0, 0.05) is 17.1 Å². The average Bonchev–Trinajstić information content (AvgIpc) is 2.81. The van der Waals surface area contributed by atoms with E-state index in [1.54, 1.807) is 24.3 Å². The summed E-state index contributed by atoms with van der Waals surface area (Å²) in [6, 6.07) is 12.0. The van der Waals surface area contributed by atoms with Crippen LogP contribution in [-0.4, -0.2) is 17.5 Å². The Hall–Kier alpha value is -2.37. The molecular formula is C27H35Cl2N3O2. The summed E-state index contributed by atoms with van der Waals surface area (Å²) in [5, 5.41) is 7.79. The summed E-state index contributed by atoms with van der Waals surface area (Å²) in [5.41, 5.74) is 5.16. The van der Waals surface area contributed by atoms with Crippen LogP contribution in [0.3, 0.4) is 0 Å². The van der Waals surface area contributed by atoms with Gasteiger partial charge in [0.15, 0.2) is 0 Å². The molecule has 0 heterocycles. The summed E-state index contributed by atoms with van der Waals surface area (Å²) in [6.07, 6.45) is 11.5. The molecule has 0 aromatic heterocycles. The second kappa shape index (κ2) is 15.5. The van der Waals surface area contributed by atoms with Crippen LogP contribution < -0.4 is 10.7 Å². The van der Waals surface area contributed by atoms with Crippen LogP contribution in [0.25, 0.3) is 0 Å². The molecule has 0 aliphatic heterocycles. The first-order valence-corrected chi connectivity index (χ1v) is 12.9. The van der Waals surface area contributed by atoms with Gasteiger partial charge in [-0.05, 0) is 49.2 Å². The first-order chi connectivity index (χ1) is 16.4. The minimum Gasteiger partial charge on any atom is -0.322 e. The molecule has 0 fully saturated rings. The van der Waals surface area contributed by atoms with E-state index in [1.807, 2.05) is 19.1 Å². The highest BCUT2D eigenvalue weighted by molar-refractivity contribution is 6.37. The molecule has 2 amide bonds. The predicted octanol–water partition coefficient (Wildman–Crippen LogP) is 8.01. The Kier molecular flexibility index (Phi) is 12.7. The van der Waals surface area contributed by atoms with Gasteiger partial charge in [-0.3, -0.25) is 9.59 Å². The third kappa shape index (κ3) is 10.3. The monoisotopic (exact) mass is 503 g/mol. The number of hydrogen-bond acceptors (Lipinski definition) is 3. The van der Waals surface area contributed by atoms with E-state index in [0.29, 0.717) is 33.4 Å². The van der Waals surface area contributed by atoms with Crippen LogP contribution in [0.2, 0.25) is 10.0 Å². The minimum absolute atomic E-state index is 0.0639. The molecular weight excluding hydrogens is 469 g/mol. The molecule has 0 bridgehead atoms. The van der Waals surface area contributed by atoms with Crippen LogP contribution >= 0.6 is 23.2 Å². The van der Waals surface area contributed by atoms with E-state index < -0.39 is 0 Å². The van der Waals surface area contributed by atoms with Gasteiger partial charge in [0.1, 0.15) is 0 Å². The zero-order valence-corrected chi connectivity index (χ0v) is 21.6. The first-order valence-electron chi connectivity index (χ1n) is 12.1. The van der Waals surface area contributed by atoms with Gasteiger partial charge in [-0.15, -0.1) is 0 Å². The fourth-order valence-electron chi connectivity index (χ4n) is 3.53. The predicted molar refractivity (Wildman–Crippen MR) is 143 cm³/mol. The van der Waals surface area contributed by atoms with Crippen molar-refractivity contribution in [3.8, 4) is 0 Å². The van der Waals surface area contributed by atoms with Crippen molar-refractivity contribution in [2.75, 3.05) is 5.32 Å². The quantitative estimate of drug-likeness (QED) is 0.155. The van der Waals surface area contributed by atoms with E-state index in [2.05, 4.69) is 22.8 Å². The highest BCUT2D eigenvalue weighted by atomic mass is 35.5. The van der Waals surface area contributed by atoms with Gasteiger partial charge in [0.05, 0.1) is 16.3 Å². The molecule has 0 unspecified atom stereocenters. The van der Waals surface area contributed by atoms with Crippen molar-refractivity contribution >= 4 is 46.4 Å². The van der Waals surface area contributed by atoms with Crippen LogP contribution in [0.5, 0.6) is 0 Å². The minimum atomic E-state index is -0.316. The number of carbonyl (C=O) groups is 2. The lowest BCUT2D eigenvalue weighted by molar-refractivity contribution is -0.121. The van der Waals surface area contributed by atoms with E-state index in [4.69, 9.17) is 23.2 Å². The Morgan fingerprint density at radius 3 is 2.09 bits per heavy atom. The number of benzene rings is 2. The fourth-order valence-corrected chi connectivity index (χ4v) is 4.02. The number of halogens is 2. The molecule has 2 aromatic carbocycles. The van der Waals surface area contributed by atoms with Gasteiger partial charge in [0.25, 0.3) is 5.91 Å². The summed E-state index contributed by atoms with van der Waals surface area (Å²) in [4.78, 5) is 24.5. The summed E-state index contributed by atoms with van der Waals surface area (Å²) < 4.78 is 0. The highest BCUT2D eigenvalue weighted by Crippen LogP contribution is 2.22. The SMILES string of the molecule is CCCCCCCCCCCC(=O)NN=C(C)c1ccc(NC(=O)c2ccc(Cl)cc2Cl)cc1. The molecule has 2 rings (SSSR count). The zero-order valence-electron chi connectivity index (χ0n) is 20.1. The molecule has 7 heteroatoms. The molecule has 0 saturated heterocycles. The van der Waals surface area contributed by atoms with Crippen molar-refractivity contribution in [3.63, 3.8) is 0 Å². The Morgan fingerprint density at radius 2 is 1.47 bits per heavy atom. The Labute approximate surface area is 213 Å². The molecule has 0 saturated carbocycles. The lowest BCUT2D eigenvalue weighted by atomic mass is 10.1. The maximum Gasteiger partial charge on any atom is 0.257 e. The number of rotatable bonds is 14. The van der Waals surface area contributed by atoms with Crippen molar-refractivity contribution in [1.82, 2.24) is 5.43 Å². The molecule has 2 aromatic rings.